The van der Waals surface area contributed by atoms with Gasteiger partial charge < -0.3 is 10.2 Å². The molecule has 1 fully saturated rings. The van der Waals surface area contributed by atoms with E-state index in [1.165, 1.54) is 0 Å². The van der Waals surface area contributed by atoms with Crippen LogP contribution in [-0.2, 0) is 0 Å². The smallest absolute Gasteiger partial charge is 0.0970 e. The van der Waals surface area contributed by atoms with Gasteiger partial charge in [0.2, 0.25) is 0 Å². The van der Waals surface area contributed by atoms with Gasteiger partial charge in [-0.25, -0.2) is 0 Å². The van der Waals surface area contributed by atoms with Gasteiger partial charge in [-0.15, -0.1) is 0 Å². The Kier molecular flexibility index (Phi) is 1.77. The second-order valence-electron chi connectivity index (χ2n) is 4.15. The maximum absolute atomic E-state index is 10.1. The van der Waals surface area contributed by atoms with Gasteiger partial charge in [0.15, 0.2) is 0 Å². The summed E-state index contributed by atoms with van der Waals surface area (Å²) in [6.45, 7) is 0. The summed E-state index contributed by atoms with van der Waals surface area (Å²) in [6.07, 6.45) is 8.84. The standard InChI is InChI=1S/C10H16O2/c11-9-5-1-2-6-10(9,12)8-4-3-7-9/h1-2,11-12H,3-8H2/t9-,10-/m0/s1. The summed E-state index contributed by atoms with van der Waals surface area (Å²) in [5.74, 6) is 0. The third-order valence-electron chi connectivity index (χ3n) is 3.37. The SMILES string of the molecule is O[C@]12CC=CC[C@]1(O)CCCC2. The van der Waals surface area contributed by atoms with E-state index in [1.54, 1.807) is 0 Å². The Hall–Kier alpha value is -0.340. The Morgan fingerprint density at radius 3 is 1.67 bits per heavy atom. The van der Waals surface area contributed by atoms with Gasteiger partial charge in [-0.2, -0.15) is 0 Å². The summed E-state index contributed by atoms with van der Waals surface area (Å²) in [7, 11) is 0. The summed E-state index contributed by atoms with van der Waals surface area (Å²) in [5, 5.41) is 20.3. The van der Waals surface area contributed by atoms with Crippen LogP contribution in [-0.4, -0.2) is 21.4 Å². The minimum absolute atomic E-state index is 0.628. The Labute approximate surface area is 72.9 Å². The van der Waals surface area contributed by atoms with E-state index < -0.39 is 11.2 Å². The Morgan fingerprint density at radius 2 is 1.25 bits per heavy atom. The van der Waals surface area contributed by atoms with E-state index in [-0.39, 0.29) is 0 Å². The third-order valence-corrected chi connectivity index (χ3v) is 3.37. The van der Waals surface area contributed by atoms with Crippen molar-refractivity contribution in [2.24, 2.45) is 0 Å². The third kappa shape index (κ3) is 1.02. The average molecular weight is 168 g/mol. The molecule has 0 aromatic heterocycles. The molecular weight excluding hydrogens is 152 g/mol. The summed E-state index contributed by atoms with van der Waals surface area (Å²) >= 11 is 0. The van der Waals surface area contributed by atoms with Crippen LogP contribution in [0.1, 0.15) is 38.5 Å². The topological polar surface area (TPSA) is 40.5 Å². The quantitative estimate of drug-likeness (QED) is 0.536. The highest BCUT2D eigenvalue weighted by atomic mass is 16.4. The van der Waals surface area contributed by atoms with Gasteiger partial charge in [0, 0.05) is 0 Å². The molecule has 0 bridgehead atoms. The lowest BCUT2D eigenvalue weighted by molar-refractivity contribution is -0.175. The molecule has 0 unspecified atom stereocenters. The molecule has 2 N–H and O–H groups in total. The van der Waals surface area contributed by atoms with Crippen LogP contribution in [0.2, 0.25) is 0 Å². The molecule has 2 rings (SSSR count). The molecule has 12 heavy (non-hydrogen) atoms. The highest BCUT2D eigenvalue weighted by Crippen LogP contribution is 2.44. The second kappa shape index (κ2) is 2.57. The highest BCUT2D eigenvalue weighted by Gasteiger charge is 2.50. The van der Waals surface area contributed by atoms with Crippen LogP contribution < -0.4 is 0 Å². The predicted octanol–water partition coefficient (Wildman–Crippen LogP) is 1.37. The maximum atomic E-state index is 10.1. The zero-order valence-corrected chi connectivity index (χ0v) is 7.29. The average Bonchev–Trinajstić information content (AvgIpc) is 2.05. The lowest BCUT2D eigenvalue weighted by Gasteiger charge is -2.48. The van der Waals surface area contributed by atoms with Gasteiger partial charge in [0.25, 0.3) is 0 Å². The molecule has 0 amide bonds. The van der Waals surface area contributed by atoms with E-state index in [4.69, 9.17) is 0 Å². The molecule has 2 heteroatoms. The first-order chi connectivity index (χ1) is 5.66. The van der Waals surface area contributed by atoms with Crippen LogP contribution in [0.25, 0.3) is 0 Å². The molecule has 0 spiro atoms. The van der Waals surface area contributed by atoms with E-state index in [0.717, 1.165) is 25.7 Å². The number of hydrogen-bond acceptors (Lipinski definition) is 2. The van der Waals surface area contributed by atoms with Crippen molar-refractivity contribution in [3.05, 3.63) is 12.2 Å². The molecular formula is C10H16O2. The van der Waals surface area contributed by atoms with Gasteiger partial charge in [-0.3, -0.25) is 0 Å². The summed E-state index contributed by atoms with van der Waals surface area (Å²) < 4.78 is 0. The molecule has 1 saturated carbocycles. The normalized spacial score (nSPS) is 47.2. The van der Waals surface area contributed by atoms with E-state index in [0.29, 0.717) is 12.8 Å². The number of aliphatic hydroxyl groups is 2. The number of hydrogen-bond donors (Lipinski definition) is 2. The minimum Gasteiger partial charge on any atom is -0.387 e. The minimum atomic E-state index is -0.819. The summed E-state index contributed by atoms with van der Waals surface area (Å²) in [5.41, 5.74) is -1.64. The van der Waals surface area contributed by atoms with Crippen molar-refractivity contribution < 1.29 is 10.2 Å². The van der Waals surface area contributed by atoms with Crippen LogP contribution in [0.5, 0.6) is 0 Å². The lowest BCUT2D eigenvalue weighted by Crippen LogP contribution is -2.56. The van der Waals surface area contributed by atoms with Crippen molar-refractivity contribution >= 4 is 0 Å². The zero-order chi connectivity index (χ0) is 8.66. The molecule has 0 aromatic rings. The first kappa shape index (κ1) is 8.27. The van der Waals surface area contributed by atoms with Gasteiger partial charge in [-0.1, -0.05) is 25.0 Å². The van der Waals surface area contributed by atoms with Crippen molar-refractivity contribution in [2.45, 2.75) is 49.7 Å². The van der Waals surface area contributed by atoms with Gasteiger partial charge in [0.1, 0.15) is 0 Å². The van der Waals surface area contributed by atoms with Crippen LogP contribution in [0.15, 0.2) is 12.2 Å². The van der Waals surface area contributed by atoms with E-state index in [2.05, 4.69) is 0 Å². The molecule has 0 aliphatic heterocycles. The fourth-order valence-electron chi connectivity index (χ4n) is 2.44. The van der Waals surface area contributed by atoms with Crippen LogP contribution in [0.4, 0.5) is 0 Å². The number of rotatable bonds is 0. The van der Waals surface area contributed by atoms with Crippen molar-refractivity contribution in [2.75, 3.05) is 0 Å². The molecule has 0 saturated heterocycles. The molecule has 0 aromatic carbocycles. The zero-order valence-electron chi connectivity index (χ0n) is 7.29. The molecule has 68 valence electrons. The molecule has 2 aliphatic carbocycles. The van der Waals surface area contributed by atoms with Crippen molar-refractivity contribution in [1.82, 2.24) is 0 Å². The lowest BCUT2D eigenvalue weighted by atomic mass is 9.66. The summed E-state index contributed by atoms with van der Waals surface area (Å²) in [4.78, 5) is 0. The van der Waals surface area contributed by atoms with Gasteiger partial charge in [0.05, 0.1) is 11.2 Å². The van der Waals surface area contributed by atoms with Crippen molar-refractivity contribution in [3.63, 3.8) is 0 Å². The molecule has 2 atom stereocenters. The fraction of sp³-hybridized carbons (Fsp3) is 0.800. The molecule has 0 radical (unpaired) electrons. The van der Waals surface area contributed by atoms with E-state index >= 15 is 0 Å². The van der Waals surface area contributed by atoms with Gasteiger partial charge in [-0.05, 0) is 25.7 Å². The van der Waals surface area contributed by atoms with Crippen molar-refractivity contribution in [3.8, 4) is 0 Å². The fourth-order valence-corrected chi connectivity index (χ4v) is 2.44. The van der Waals surface area contributed by atoms with Crippen LogP contribution in [0, 0.1) is 0 Å². The Morgan fingerprint density at radius 1 is 0.833 bits per heavy atom. The first-order valence-corrected chi connectivity index (χ1v) is 4.76. The predicted molar refractivity (Wildman–Crippen MR) is 46.7 cm³/mol. The van der Waals surface area contributed by atoms with Crippen molar-refractivity contribution in [1.29, 1.82) is 0 Å². The van der Waals surface area contributed by atoms with E-state index in [1.807, 2.05) is 12.2 Å². The Balaban J connectivity index is 2.28. The molecule has 2 nitrogen and oxygen atoms in total. The van der Waals surface area contributed by atoms with Crippen LogP contribution >= 0.6 is 0 Å². The largest absolute Gasteiger partial charge is 0.387 e. The molecule has 0 heterocycles. The second-order valence-corrected chi connectivity index (χ2v) is 4.15. The number of fused-ring (bicyclic) bond motifs is 1. The van der Waals surface area contributed by atoms with Gasteiger partial charge >= 0.3 is 0 Å². The van der Waals surface area contributed by atoms with E-state index in [9.17, 15) is 10.2 Å². The summed E-state index contributed by atoms with van der Waals surface area (Å²) in [6, 6.07) is 0. The Bertz CT molecular complexity index is 190. The maximum Gasteiger partial charge on any atom is 0.0970 e. The molecule has 2 aliphatic rings. The first-order valence-electron chi connectivity index (χ1n) is 4.76. The highest BCUT2D eigenvalue weighted by molar-refractivity contribution is 5.13. The van der Waals surface area contributed by atoms with Crippen LogP contribution in [0.3, 0.4) is 0 Å². The monoisotopic (exact) mass is 168 g/mol.